The van der Waals surface area contributed by atoms with Gasteiger partial charge in [0, 0.05) is 24.8 Å². The molecule has 3 aromatic rings. The number of amides is 2. The van der Waals surface area contributed by atoms with Gasteiger partial charge in [0.25, 0.3) is 5.91 Å². The third kappa shape index (κ3) is 5.74. The number of nitrogens with zero attached hydrogens (tertiary/aromatic N) is 1. The molecule has 1 aliphatic rings. The Hall–Kier alpha value is -2.87. The molecule has 6 nitrogen and oxygen atoms in total. The highest BCUT2D eigenvalue weighted by Gasteiger charge is 2.31. The van der Waals surface area contributed by atoms with Crippen LogP contribution in [0.25, 0.3) is 0 Å². The summed E-state index contributed by atoms with van der Waals surface area (Å²) in [6, 6.07) is 18.3. The molecule has 8 heteroatoms. The fraction of sp³-hybridized carbons (Fsp3) is 0.280. The smallest absolute Gasteiger partial charge is 0.261 e. The molecule has 2 heterocycles. The molecular weight excluding hydrogens is 458 g/mol. The first-order valence-electron chi connectivity index (χ1n) is 10.8. The molecule has 0 aliphatic carbocycles. The van der Waals surface area contributed by atoms with Crippen molar-refractivity contribution in [1.82, 2.24) is 10.2 Å². The minimum Gasteiger partial charge on any atom is -0.495 e. The van der Waals surface area contributed by atoms with Crippen molar-refractivity contribution in [2.45, 2.75) is 24.9 Å². The summed E-state index contributed by atoms with van der Waals surface area (Å²) in [5, 5.41) is 8.47. The van der Waals surface area contributed by atoms with Gasteiger partial charge in [0.15, 0.2) is 0 Å². The second-order valence-electron chi connectivity index (χ2n) is 7.91. The van der Waals surface area contributed by atoms with Crippen molar-refractivity contribution in [1.29, 1.82) is 0 Å². The van der Waals surface area contributed by atoms with E-state index in [1.165, 1.54) is 11.3 Å². The van der Waals surface area contributed by atoms with Gasteiger partial charge in [-0.3, -0.25) is 14.5 Å². The number of likely N-dealkylation sites (tertiary alicyclic amines) is 1. The number of anilines is 1. The van der Waals surface area contributed by atoms with Gasteiger partial charge in [-0.15, -0.1) is 11.3 Å². The summed E-state index contributed by atoms with van der Waals surface area (Å²) >= 11 is 7.67. The van der Waals surface area contributed by atoms with Gasteiger partial charge in [-0.05, 0) is 48.1 Å². The summed E-state index contributed by atoms with van der Waals surface area (Å²) in [4.78, 5) is 28.7. The summed E-state index contributed by atoms with van der Waals surface area (Å²) in [5.74, 6) is 0.404. The molecule has 1 atom stereocenters. The molecule has 1 aromatic heterocycles. The number of nitrogens with one attached hydrogen (secondary N) is 2. The molecule has 2 amide bonds. The Morgan fingerprint density at radius 3 is 2.48 bits per heavy atom. The zero-order valence-corrected chi connectivity index (χ0v) is 19.9. The normalized spacial score (nSPS) is 15.6. The van der Waals surface area contributed by atoms with Crippen LogP contribution in [0, 0.1) is 0 Å². The number of carbonyl (C=O) groups is 2. The number of rotatable bonds is 7. The summed E-state index contributed by atoms with van der Waals surface area (Å²) < 4.78 is 5.20. The van der Waals surface area contributed by atoms with Gasteiger partial charge in [-0.2, -0.15) is 0 Å². The van der Waals surface area contributed by atoms with E-state index in [2.05, 4.69) is 15.5 Å². The molecule has 0 bridgehead atoms. The molecule has 2 N–H and O–H groups in total. The lowest BCUT2D eigenvalue weighted by molar-refractivity contribution is -0.122. The standard InChI is InChI=1S/C25H26ClN3O3S/c1-32-21-10-9-19(16-20(21)26)28-25(31)23(17-6-3-2-4-7-17)29-13-11-18(12-14-29)27-24(30)22-8-5-15-33-22/h2-10,15-16,18,23H,11-14H2,1H3,(H,27,30)(H,28,31). The van der Waals surface area contributed by atoms with Crippen LogP contribution < -0.4 is 15.4 Å². The van der Waals surface area contributed by atoms with E-state index >= 15 is 0 Å². The number of halogens is 1. The lowest BCUT2D eigenvalue weighted by atomic mass is 9.98. The number of benzene rings is 2. The van der Waals surface area contributed by atoms with Crippen LogP contribution in [0.15, 0.2) is 66.0 Å². The fourth-order valence-corrected chi connectivity index (χ4v) is 4.97. The molecule has 0 radical (unpaired) electrons. The number of ether oxygens (including phenoxy) is 1. The molecular formula is C25H26ClN3O3S. The van der Waals surface area contributed by atoms with Crippen LogP contribution >= 0.6 is 22.9 Å². The lowest BCUT2D eigenvalue weighted by Crippen LogP contribution is -2.47. The first-order chi connectivity index (χ1) is 16.0. The van der Waals surface area contributed by atoms with Crippen LogP contribution in [0.4, 0.5) is 5.69 Å². The molecule has 1 aliphatic heterocycles. The predicted octanol–water partition coefficient (Wildman–Crippen LogP) is 4.98. The third-order valence-electron chi connectivity index (χ3n) is 5.76. The van der Waals surface area contributed by atoms with E-state index in [1.54, 1.807) is 25.3 Å². The van der Waals surface area contributed by atoms with Gasteiger partial charge >= 0.3 is 0 Å². The second kappa shape index (κ2) is 10.8. The van der Waals surface area contributed by atoms with Crippen LogP contribution in [-0.2, 0) is 4.79 Å². The van der Waals surface area contributed by atoms with Gasteiger partial charge in [0.1, 0.15) is 11.8 Å². The van der Waals surface area contributed by atoms with E-state index in [-0.39, 0.29) is 17.9 Å². The van der Waals surface area contributed by atoms with Gasteiger partial charge in [0.05, 0.1) is 17.0 Å². The van der Waals surface area contributed by atoms with Crippen molar-refractivity contribution in [2.75, 3.05) is 25.5 Å². The number of methoxy groups -OCH3 is 1. The Bertz CT molecular complexity index is 1080. The summed E-state index contributed by atoms with van der Waals surface area (Å²) in [7, 11) is 1.55. The van der Waals surface area contributed by atoms with Crippen molar-refractivity contribution < 1.29 is 14.3 Å². The van der Waals surface area contributed by atoms with E-state index < -0.39 is 6.04 Å². The third-order valence-corrected chi connectivity index (χ3v) is 6.92. The summed E-state index contributed by atoms with van der Waals surface area (Å²) in [6.07, 6.45) is 1.56. The zero-order valence-electron chi connectivity index (χ0n) is 18.3. The second-order valence-corrected chi connectivity index (χ2v) is 9.27. The maximum absolute atomic E-state index is 13.4. The first kappa shape index (κ1) is 23.3. The van der Waals surface area contributed by atoms with Gasteiger partial charge in [-0.1, -0.05) is 48.0 Å². The number of hydrogen-bond acceptors (Lipinski definition) is 5. The van der Waals surface area contributed by atoms with Crippen molar-refractivity contribution in [3.63, 3.8) is 0 Å². The zero-order chi connectivity index (χ0) is 23.2. The van der Waals surface area contributed by atoms with E-state index in [9.17, 15) is 9.59 Å². The van der Waals surface area contributed by atoms with E-state index in [0.717, 1.165) is 23.3 Å². The Labute approximate surface area is 202 Å². The Morgan fingerprint density at radius 2 is 1.85 bits per heavy atom. The number of carbonyl (C=O) groups excluding carboxylic acids is 2. The highest BCUT2D eigenvalue weighted by molar-refractivity contribution is 7.12. The summed E-state index contributed by atoms with van der Waals surface area (Å²) in [5.41, 5.74) is 1.54. The monoisotopic (exact) mass is 483 g/mol. The van der Waals surface area contributed by atoms with E-state index in [1.807, 2.05) is 47.8 Å². The lowest BCUT2D eigenvalue weighted by Gasteiger charge is -2.37. The Balaban J connectivity index is 1.45. The van der Waals surface area contributed by atoms with Gasteiger partial charge < -0.3 is 15.4 Å². The van der Waals surface area contributed by atoms with Crippen molar-refractivity contribution >= 4 is 40.4 Å². The maximum atomic E-state index is 13.4. The molecule has 0 spiro atoms. The quantitative estimate of drug-likeness (QED) is 0.497. The molecule has 1 saturated heterocycles. The molecule has 2 aromatic carbocycles. The molecule has 33 heavy (non-hydrogen) atoms. The minimum atomic E-state index is -0.443. The Kier molecular flexibility index (Phi) is 7.65. The summed E-state index contributed by atoms with van der Waals surface area (Å²) in [6.45, 7) is 1.40. The number of piperidine rings is 1. The molecule has 172 valence electrons. The fourth-order valence-electron chi connectivity index (χ4n) is 4.08. The van der Waals surface area contributed by atoms with E-state index in [4.69, 9.17) is 16.3 Å². The largest absolute Gasteiger partial charge is 0.495 e. The van der Waals surface area contributed by atoms with Crippen LogP contribution in [0.5, 0.6) is 5.75 Å². The van der Waals surface area contributed by atoms with Crippen molar-refractivity contribution in [3.05, 3.63) is 81.5 Å². The maximum Gasteiger partial charge on any atom is 0.261 e. The number of thiophene rings is 1. The molecule has 1 fully saturated rings. The first-order valence-corrected chi connectivity index (χ1v) is 12.1. The van der Waals surface area contributed by atoms with Crippen molar-refractivity contribution in [3.8, 4) is 5.75 Å². The van der Waals surface area contributed by atoms with Gasteiger partial charge in [0.2, 0.25) is 5.91 Å². The van der Waals surface area contributed by atoms with Crippen LogP contribution in [0.3, 0.4) is 0 Å². The van der Waals surface area contributed by atoms with Crippen LogP contribution in [0.1, 0.15) is 34.1 Å². The predicted molar refractivity (Wildman–Crippen MR) is 132 cm³/mol. The molecule has 1 unspecified atom stereocenters. The highest BCUT2D eigenvalue weighted by atomic mass is 35.5. The average Bonchev–Trinajstić information content (AvgIpc) is 3.37. The average molecular weight is 484 g/mol. The molecule has 0 saturated carbocycles. The topological polar surface area (TPSA) is 70.7 Å². The van der Waals surface area contributed by atoms with E-state index in [0.29, 0.717) is 29.5 Å². The Morgan fingerprint density at radius 1 is 1.09 bits per heavy atom. The van der Waals surface area contributed by atoms with Crippen LogP contribution in [-0.4, -0.2) is 43.0 Å². The van der Waals surface area contributed by atoms with Crippen LogP contribution in [0.2, 0.25) is 5.02 Å². The van der Waals surface area contributed by atoms with Gasteiger partial charge in [-0.25, -0.2) is 0 Å². The SMILES string of the molecule is COc1ccc(NC(=O)C(c2ccccc2)N2CCC(NC(=O)c3cccs3)CC2)cc1Cl. The van der Waals surface area contributed by atoms with Crippen molar-refractivity contribution in [2.24, 2.45) is 0 Å². The highest BCUT2D eigenvalue weighted by Crippen LogP contribution is 2.30. The number of hydrogen-bond donors (Lipinski definition) is 2. The molecule has 4 rings (SSSR count). The minimum absolute atomic E-state index is 0.0304.